The van der Waals surface area contributed by atoms with Crippen LogP contribution < -0.4 is 20.4 Å². The third-order valence-electron chi connectivity index (χ3n) is 7.84. The van der Waals surface area contributed by atoms with Crippen LogP contribution in [-0.2, 0) is 0 Å². The van der Waals surface area contributed by atoms with Gasteiger partial charge in [0.05, 0.1) is 11.4 Å². The van der Waals surface area contributed by atoms with Gasteiger partial charge in [-0.05, 0) is 100 Å². The molecule has 0 aliphatic rings. The predicted octanol–water partition coefficient (Wildman–Crippen LogP) is 11.1. The molecule has 6 aromatic rings. The number of rotatable bonds is 9. The van der Waals surface area contributed by atoms with Gasteiger partial charge in [0.25, 0.3) is 0 Å². The molecule has 0 radical (unpaired) electrons. The first kappa shape index (κ1) is 29.4. The van der Waals surface area contributed by atoms with Crippen LogP contribution in [0.1, 0.15) is 25.0 Å². The summed E-state index contributed by atoms with van der Waals surface area (Å²) in [4.78, 5) is 4.85. The Labute approximate surface area is 264 Å². The van der Waals surface area contributed by atoms with Crippen molar-refractivity contribution >= 4 is 52.7 Å². The van der Waals surface area contributed by atoms with E-state index in [2.05, 4.69) is 195 Å². The zero-order chi connectivity index (χ0) is 30.5. The van der Waals surface area contributed by atoms with Gasteiger partial charge in [-0.25, -0.2) is 0 Å². The molecule has 3 heteroatoms. The van der Waals surface area contributed by atoms with Gasteiger partial charge in [0.15, 0.2) is 0 Å². The zero-order valence-corrected chi connectivity index (χ0v) is 26.8. The smallest absolute Gasteiger partial charge is 0.0542 e. The minimum atomic E-state index is -0.794. The molecular weight excluding hydrogens is 551 g/mol. The lowest BCUT2D eigenvalue weighted by molar-refractivity contribution is 1.10. The fraction of sp³-hybridized carbons (Fsp3) is 0.122. The van der Waals surface area contributed by atoms with E-state index in [9.17, 15) is 0 Å². The van der Waals surface area contributed by atoms with Gasteiger partial charge >= 0.3 is 0 Å². The van der Waals surface area contributed by atoms with Crippen LogP contribution in [0.25, 0.3) is 0 Å². The molecule has 0 saturated carbocycles. The fourth-order valence-corrected chi connectivity index (χ4v) is 8.78. The number of para-hydroxylation sites is 4. The molecule has 0 atom stereocenters. The van der Waals surface area contributed by atoms with Crippen LogP contribution in [0.2, 0.25) is 0 Å². The number of hydrogen-bond acceptors (Lipinski definition) is 2. The third kappa shape index (κ3) is 6.18. The highest BCUT2D eigenvalue weighted by molar-refractivity contribution is 7.74. The van der Waals surface area contributed by atoms with E-state index >= 15 is 0 Å². The van der Waals surface area contributed by atoms with Crippen LogP contribution >= 0.6 is 7.92 Å². The van der Waals surface area contributed by atoms with Gasteiger partial charge in [-0.3, -0.25) is 0 Å². The number of nitrogens with zero attached hydrogens (tertiary/aromatic N) is 2. The van der Waals surface area contributed by atoms with Gasteiger partial charge in [-0.15, -0.1) is 0 Å². The highest BCUT2D eigenvalue weighted by atomic mass is 31.1. The lowest BCUT2D eigenvalue weighted by Gasteiger charge is -2.35. The second-order valence-corrected chi connectivity index (χ2v) is 14.2. The quantitative estimate of drug-likeness (QED) is 0.155. The topological polar surface area (TPSA) is 6.48 Å². The van der Waals surface area contributed by atoms with Gasteiger partial charge in [0.2, 0.25) is 0 Å². The summed E-state index contributed by atoms with van der Waals surface area (Å²) < 4.78 is 0. The number of benzene rings is 6. The summed E-state index contributed by atoms with van der Waals surface area (Å²) >= 11 is 0. The Balaban J connectivity index is 1.61. The van der Waals surface area contributed by atoms with Crippen molar-refractivity contribution in [3.63, 3.8) is 0 Å². The van der Waals surface area contributed by atoms with Gasteiger partial charge in [-0.2, -0.15) is 0 Å². The maximum Gasteiger partial charge on any atom is 0.0542 e. The Bertz CT molecular complexity index is 1590. The molecule has 0 aromatic heterocycles. The van der Waals surface area contributed by atoms with E-state index in [1.54, 1.807) is 0 Å². The second-order valence-electron chi connectivity index (χ2n) is 11.5. The fourth-order valence-electron chi connectivity index (χ4n) is 5.88. The van der Waals surface area contributed by atoms with E-state index in [1.807, 2.05) is 0 Å². The van der Waals surface area contributed by atoms with Crippen molar-refractivity contribution in [3.8, 4) is 0 Å². The Morgan fingerprint density at radius 1 is 0.409 bits per heavy atom. The molecule has 218 valence electrons. The molecule has 6 rings (SSSR count). The van der Waals surface area contributed by atoms with E-state index in [0.717, 1.165) is 22.7 Å². The zero-order valence-electron chi connectivity index (χ0n) is 25.9. The maximum absolute atomic E-state index is 2.43. The van der Waals surface area contributed by atoms with Gasteiger partial charge in [0.1, 0.15) is 0 Å². The van der Waals surface area contributed by atoms with Crippen molar-refractivity contribution in [2.75, 3.05) is 9.80 Å². The number of anilines is 6. The first-order chi connectivity index (χ1) is 21.5. The monoisotopic (exact) mass is 590 g/mol. The molecule has 0 heterocycles. The molecule has 0 fully saturated rings. The highest BCUT2D eigenvalue weighted by Gasteiger charge is 2.29. The standard InChI is InChI=1S/C41H39N2P/c1-31(2)44(40-29-32(3)25-27-38(40)42(34-17-9-5-10-18-34)35-19-11-6-12-20-35)41-30-33(4)26-28-39(41)43(36-21-13-7-14-22-36)37-23-15-8-16-24-37/h5-31H,1-4H3. The Morgan fingerprint density at radius 3 is 0.977 bits per heavy atom. The predicted molar refractivity (Wildman–Crippen MR) is 193 cm³/mol. The minimum absolute atomic E-state index is 0.396. The normalized spacial score (nSPS) is 11.1. The Morgan fingerprint density at radius 2 is 0.705 bits per heavy atom. The van der Waals surface area contributed by atoms with Gasteiger partial charge in [0, 0.05) is 33.4 Å². The lowest BCUT2D eigenvalue weighted by atomic mass is 10.1. The molecule has 0 unspecified atom stereocenters. The first-order valence-corrected chi connectivity index (χ1v) is 16.7. The summed E-state index contributed by atoms with van der Waals surface area (Å²) in [6.45, 7) is 9.20. The molecule has 0 N–H and O–H groups in total. The van der Waals surface area contributed by atoms with E-state index < -0.39 is 7.92 Å². The first-order valence-electron chi connectivity index (χ1n) is 15.3. The lowest BCUT2D eigenvalue weighted by Crippen LogP contribution is -2.27. The van der Waals surface area contributed by atoms with Crippen LogP contribution in [0.15, 0.2) is 158 Å². The van der Waals surface area contributed by atoms with Crippen molar-refractivity contribution in [2.45, 2.75) is 33.4 Å². The van der Waals surface area contributed by atoms with Crippen molar-refractivity contribution < 1.29 is 0 Å². The van der Waals surface area contributed by atoms with E-state index in [-0.39, 0.29) is 0 Å². The van der Waals surface area contributed by atoms with E-state index in [1.165, 1.54) is 33.1 Å². The molecule has 0 aliphatic carbocycles. The van der Waals surface area contributed by atoms with Crippen molar-refractivity contribution in [1.29, 1.82) is 0 Å². The largest absolute Gasteiger partial charge is 0.310 e. The number of aryl methyl sites for hydroxylation is 2. The van der Waals surface area contributed by atoms with Crippen LogP contribution in [0.5, 0.6) is 0 Å². The molecular formula is C41H39N2P. The molecule has 0 spiro atoms. The minimum Gasteiger partial charge on any atom is -0.310 e. The Hall–Kier alpha value is -4.65. The average Bonchev–Trinajstić information content (AvgIpc) is 3.05. The van der Waals surface area contributed by atoms with E-state index in [0.29, 0.717) is 5.66 Å². The molecule has 0 bridgehead atoms. The molecule has 0 amide bonds. The van der Waals surface area contributed by atoms with Crippen molar-refractivity contribution in [2.24, 2.45) is 0 Å². The van der Waals surface area contributed by atoms with E-state index in [4.69, 9.17) is 0 Å². The molecule has 6 aromatic carbocycles. The highest BCUT2D eigenvalue weighted by Crippen LogP contribution is 2.49. The van der Waals surface area contributed by atoms with Crippen LogP contribution in [0.4, 0.5) is 34.1 Å². The van der Waals surface area contributed by atoms with Crippen molar-refractivity contribution in [1.82, 2.24) is 0 Å². The molecule has 2 nitrogen and oxygen atoms in total. The third-order valence-corrected chi connectivity index (χ3v) is 10.6. The maximum atomic E-state index is 2.43. The summed E-state index contributed by atoms with van der Waals surface area (Å²) in [5.41, 5.74) is 10.0. The van der Waals surface area contributed by atoms with Crippen LogP contribution in [0.3, 0.4) is 0 Å². The molecule has 0 saturated heterocycles. The summed E-state index contributed by atoms with van der Waals surface area (Å²) in [6.07, 6.45) is 0. The average molecular weight is 591 g/mol. The Kier molecular flexibility index (Phi) is 8.91. The number of hydrogen-bond donors (Lipinski definition) is 0. The summed E-state index contributed by atoms with van der Waals surface area (Å²) in [5, 5.41) is 2.77. The summed E-state index contributed by atoms with van der Waals surface area (Å²) in [6, 6.07) is 57.0. The summed E-state index contributed by atoms with van der Waals surface area (Å²) in [5.74, 6) is 0. The van der Waals surface area contributed by atoms with Crippen molar-refractivity contribution in [3.05, 3.63) is 169 Å². The second kappa shape index (κ2) is 13.3. The molecule has 0 aliphatic heterocycles. The van der Waals surface area contributed by atoms with Crippen LogP contribution in [-0.4, -0.2) is 5.66 Å². The summed E-state index contributed by atoms with van der Waals surface area (Å²) in [7, 11) is -0.794. The van der Waals surface area contributed by atoms with Gasteiger partial charge in [-0.1, -0.05) is 110 Å². The molecule has 44 heavy (non-hydrogen) atoms. The SMILES string of the molecule is Cc1ccc(N(c2ccccc2)c2ccccc2)c(P(c2cc(C)ccc2N(c2ccccc2)c2ccccc2)C(C)C)c1. The van der Waals surface area contributed by atoms with Crippen LogP contribution in [0, 0.1) is 13.8 Å². The van der Waals surface area contributed by atoms with Gasteiger partial charge < -0.3 is 9.80 Å².